The van der Waals surface area contributed by atoms with Crippen LogP contribution in [-0.4, -0.2) is 55.3 Å². The Labute approximate surface area is 217 Å². The standard InChI is InChI=1S/C28H35FN6O2/c1-15(2)23-13-35(12-17(4)33-23)24-8-25-21(26(29)22(24)9-30)7-20(14-37-25)34-28(36)19-6-18-5-16(3)10-31-27(18)32-11-19/h6,8,11,15-17,20,23,33H,5,7,10,12-14H2,1-4H3,(H,31,32)(H,34,36)/t16-,17?,20+,23?/m0/s1. The highest BCUT2D eigenvalue weighted by molar-refractivity contribution is 5.94. The van der Waals surface area contributed by atoms with Gasteiger partial charge in [0, 0.05) is 56.0 Å². The number of halogens is 1. The van der Waals surface area contributed by atoms with Gasteiger partial charge in [0.05, 0.1) is 17.3 Å². The number of pyridine rings is 1. The van der Waals surface area contributed by atoms with Crippen LogP contribution in [0.5, 0.6) is 5.75 Å². The molecule has 1 aromatic heterocycles. The minimum Gasteiger partial charge on any atom is -0.491 e. The van der Waals surface area contributed by atoms with Crippen molar-refractivity contribution in [2.75, 3.05) is 36.5 Å². The van der Waals surface area contributed by atoms with Gasteiger partial charge in [-0.15, -0.1) is 0 Å². The van der Waals surface area contributed by atoms with Gasteiger partial charge in [-0.2, -0.15) is 5.26 Å². The first-order chi connectivity index (χ1) is 17.7. The lowest BCUT2D eigenvalue weighted by atomic mass is 9.95. The molecule has 0 saturated carbocycles. The van der Waals surface area contributed by atoms with E-state index in [1.165, 1.54) is 0 Å². The second-order valence-corrected chi connectivity index (χ2v) is 11.1. The molecular formula is C28H35FN6O2. The van der Waals surface area contributed by atoms with Crippen molar-refractivity contribution in [1.82, 2.24) is 15.6 Å². The molecule has 1 fully saturated rings. The lowest BCUT2D eigenvalue weighted by molar-refractivity contribution is 0.0914. The number of hydrogen-bond donors (Lipinski definition) is 3. The number of hydrogen-bond acceptors (Lipinski definition) is 7. The topological polar surface area (TPSA) is 102 Å². The minimum atomic E-state index is -0.559. The number of piperazine rings is 1. The fourth-order valence-corrected chi connectivity index (χ4v) is 5.57. The maximum Gasteiger partial charge on any atom is 0.253 e. The molecule has 1 aromatic carbocycles. The van der Waals surface area contributed by atoms with Gasteiger partial charge in [0.1, 0.15) is 35.6 Å². The third kappa shape index (κ3) is 5.08. The number of benzene rings is 1. The quantitative estimate of drug-likeness (QED) is 0.585. The highest BCUT2D eigenvalue weighted by Gasteiger charge is 2.32. The number of ether oxygens (including phenoxy) is 1. The van der Waals surface area contributed by atoms with Crippen molar-refractivity contribution in [1.29, 1.82) is 5.26 Å². The lowest BCUT2D eigenvalue weighted by Crippen LogP contribution is -2.57. The number of carbonyl (C=O) groups excluding carboxylic acids is 1. The van der Waals surface area contributed by atoms with Crippen molar-refractivity contribution in [2.45, 2.75) is 58.7 Å². The molecule has 3 aliphatic heterocycles. The fourth-order valence-electron chi connectivity index (χ4n) is 5.57. The van der Waals surface area contributed by atoms with Crippen molar-refractivity contribution in [3.8, 4) is 11.8 Å². The van der Waals surface area contributed by atoms with Crippen molar-refractivity contribution in [3.05, 3.63) is 46.4 Å². The second kappa shape index (κ2) is 10.2. The van der Waals surface area contributed by atoms with Gasteiger partial charge in [0.2, 0.25) is 0 Å². The van der Waals surface area contributed by atoms with Gasteiger partial charge >= 0.3 is 0 Å². The number of amides is 1. The Balaban J connectivity index is 1.34. The Morgan fingerprint density at radius 2 is 2.11 bits per heavy atom. The first kappa shape index (κ1) is 25.3. The summed E-state index contributed by atoms with van der Waals surface area (Å²) in [6.07, 6.45) is 2.68. The summed E-state index contributed by atoms with van der Waals surface area (Å²) in [7, 11) is 0. The van der Waals surface area contributed by atoms with E-state index < -0.39 is 11.9 Å². The van der Waals surface area contributed by atoms with Gasteiger partial charge in [-0.05, 0) is 36.8 Å². The Kier molecular flexibility index (Phi) is 6.95. The van der Waals surface area contributed by atoms with Crippen molar-refractivity contribution < 1.29 is 13.9 Å². The van der Waals surface area contributed by atoms with Gasteiger partial charge in [-0.3, -0.25) is 4.79 Å². The number of carbonyl (C=O) groups is 1. The second-order valence-electron chi connectivity index (χ2n) is 11.1. The third-order valence-electron chi connectivity index (χ3n) is 7.61. The molecule has 8 nitrogen and oxygen atoms in total. The molecule has 2 unspecified atom stereocenters. The zero-order valence-electron chi connectivity index (χ0n) is 21.9. The van der Waals surface area contributed by atoms with Crippen LogP contribution in [0.1, 0.15) is 54.7 Å². The smallest absolute Gasteiger partial charge is 0.253 e. The molecule has 2 aromatic rings. The van der Waals surface area contributed by atoms with Gasteiger partial charge < -0.3 is 25.6 Å². The first-order valence-corrected chi connectivity index (χ1v) is 13.2. The van der Waals surface area contributed by atoms with E-state index in [0.29, 0.717) is 47.5 Å². The summed E-state index contributed by atoms with van der Waals surface area (Å²) >= 11 is 0. The fraction of sp³-hybridized carbons (Fsp3) is 0.536. The lowest BCUT2D eigenvalue weighted by Gasteiger charge is -2.41. The van der Waals surface area contributed by atoms with Crippen LogP contribution in [0.15, 0.2) is 18.3 Å². The summed E-state index contributed by atoms with van der Waals surface area (Å²) < 4.78 is 21.7. The van der Waals surface area contributed by atoms with Crippen LogP contribution in [0.3, 0.4) is 0 Å². The normalized spacial score (nSPS) is 24.8. The average Bonchev–Trinajstić information content (AvgIpc) is 2.88. The predicted molar refractivity (Wildman–Crippen MR) is 141 cm³/mol. The van der Waals surface area contributed by atoms with E-state index >= 15 is 4.39 Å². The van der Waals surface area contributed by atoms with E-state index in [1.807, 2.05) is 6.07 Å². The van der Waals surface area contributed by atoms with E-state index in [4.69, 9.17) is 4.74 Å². The van der Waals surface area contributed by atoms with E-state index in [1.54, 1.807) is 12.3 Å². The largest absolute Gasteiger partial charge is 0.491 e. The van der Waals surface area contributed by atoms with Crippen LogP contribution in [-0.2, 0) is 12.8 Å². The van der Waals surface area contributed by atoms with Gasteiger partial charge in [0.25, 0.3) is 5.91 Å². The van der Waals surface area contributed by atoms with Crippen molar-refractivity contribution >= 4 is 17.4 Å². The monoisotopic (exact) mass is 506 g/mol. The van der Waals surface area contributed by atoms with E-state index in [2.05, 4.69) is 59.6 Å². The third-order valence-corrected chi connectivity index (χ3v) is 7.61. The summed E-state index contributed by atoms with van der Waals surface area (Å²) in [5.41, 5.74) is 2.44. The summed E-state index contributed by atoms with van der Waals surface area (Å²) in [5, 5.41) is 19.7. The number of anilines is 2. The summed E-state index contributed by atoms with van der Waals surface area (Å²) in [6.45, 7) is 11.0. The van der Waals surface area contributed by atoms with Crippen molar-refractivity contribution in [2.24, 2.45) is 11.8 Å². The maximum atomic E-state index is 15.7. The molecule has 4 atom stereocenters. The van der Waals surface area contributed by atoms with Crippen LogP contribution in [0.2, 0.25) is 0 Å². The molecular weight excluding hydrogens is 471 g/mol. The van der Waals surface area contributed by atoms with E-state index in [0.717, 1.165) is 24.3 Å². The number of fused-ring (bicyclic) bond motifs is 2. The molecule has 3 N–H and O–H groups in total. The van der Waals surface area contributed by atoms with Gasteiger partial charge in [-0.1, -0.05) is 20.8 Å². The summed E-state index contributed by atoms with van der Waals surface area (Å²) in [6, 6.07) is 5.80. The number of rotatable bonds is 4. The van der Waals surface area contributed by atoms with Crippen LogP contribution < -0.4 is 25.6 Å². The molecule has 0 bridgehead atoms. The van der Waals surface area contributed by atoms with Crippen LogP contribution in [0.25, 0.3) is 0 Å². The SMILES string of the molecule is CC1CN(c2cc3c(c(F)c2C#N)C[C@@H](NC(=O)c2cnc4c(c2)C[C@H](C)CN4)CO3)CC(C(C)C)N1. The van der Waals surface area contributed by atoms with Crippen LogP contribution in [0, 0.1) is 29.0 Å². The van der Waals surface area contributed by atoms with Crippen LogP contribution in [0.4, 0.5) is 15.9 Å². The predicted octanol–water partition coefficient (Wildman–Crippen LogP) is 3.25. The number of nitrogens with one attached hydrogen (secondary N) is 3. The number of aromatic nitrogens is 1. The molecule has 196 valence electrons. The molecule has 4 heterocycles. The zero-order valence-corrected chi connectivity index (χ0v) is 21.9. The zero-order chi connectivity index (χ0) is 26.3. The highest BCUT2D eigenvalue weighted by atomic mass is 19.1. The van der Waals surface area contributed by atoms with Gasteiger partial charge in [0.15, 0.2) is 0 Å². The molecule has 0 radical (unpaired) electrons. The molecule has 9 heteroatoms. The Morgan fingerprint density at radius 3 is 2.86 bits per heavy atom. The number of nitriles is 1. The van der Waals surface area contributed by atoms with Crippen LogP contribution >= 0.6 is 0 Å². The molecule has 5 rings (SSSR count). The molecule has 0 aliphatic carbocycles. The average molecular weight is 507 g/mol. The Morgan fingerprint density at radius 1 is 1.30 bits per heavy atom. The summed E-state index contributed by atoms with van der Waals surface area (Å²) in [4.78, 5) is 19.5. The molecule has 37 heavy (non-hydrogen) atoms. The Bertz CT molecular complexity index is 1240. The number of nitrogens with zero attached hydrogens (tertiary/aromatic N) is 3. The Hall–Kier alpha value is -3.38. The van der Waals surface area contributed by atoms with Gasteiger partial charge in [-0.25, -0.2) is 9.37 Å². The highest BCUT2D eigenvalue weighted by Crippen LogP contribution is 2.37. The molecule has 0 spiro atoms. The molecule has 1 amide bonds. The summed E-state index contributed by atoms with van der Waals surface area (Å²) in [5.74, 6) is 1.32. The first-order valence-electron chi connectivity index (χ1n) is 13.2. The van der Waals surface area contributed by atoms with Crippen molar-refractivity contribution in [3.63, 3.8) is 0 Å². The maximum absolute atomic E-state index is 15.7. The minimum absolute atomic E-state index is 0.0337. The van der Waals surface area contributed by atoms with E-state index in [-0.39, 0.29) is 36.6 Å². The molecule has 1 saturated heterocycles. The van der Waals surface area contributed by atoms with E-state index in [9.17, 15) is 10.1 Å². The molecule has 3 aliphatic rings.